The first kappa shape index (κ1) is 22.7. The number of esters is 1. The third-order valence-corrected chi connectivity index (χ3v) is 6.69. The molecule has 1 aliphatic heterocycles. The Morgan fingerprint density at radius 2 is 1.81 bits per heavy atom. The number of sulfonamides is 1. The second kappa shape index (κ2) is 9.88. The molecule has 0 aromatic heterocycles. The van der Waals surface area contributed by atoms with Gasteiger partial charge in [0.2, 0.25) is 5.91 Å². The lowest BCUT2D eigenvalue weighted by atomic mass is 10.2. The molecule has 1 heterocycles. The molecule has 0 saturated heterocycles. The Morgan fingerprint density at radius 1 is 1.10 bits per heavy atom. The predicted molar refractivity (Wildman–Crippen MR) is 121 cm³/mol. The highest BCUT2D eigenvalue weighted by atomic mass is 32.2. The normalized spacial score (nSPS) is 12.7. The zero-order valence-corrected chi connectivity index (χ0v) is 18.6. The lowest BCUT2D eigenvalue weighted by Gasteiger charge is -2.19. The van der Waals surface area contributed by atoms with E-state index in [4.69, 9.17) is 17.0 Å². The Kier molecular flexibility index (Phi) is 7.24. The summed E-state index contributed by atoms with van der Waals surface area (Å²) in [6, 6.07) is 13.6. The van der Waals surface area contributed by atoms with Crippen molar-refractivity contribution in [3.63, 3.8) is 0 Å². The van der Waals surface area contributed by atoms with E-state index in [-0.39, 0.29) is 29.5 Å². The minimum atomic E-state index is -3.68. The van der Waals surface area contributed by atoms with Gasteiger partial charge in [-0.2, -0.15) is 0 Å². The quantitative estimate of drug-likeness (QED) is 0.482. The van der Waals surface area contributed by atoms with Crippen molar-refractivity contribution in [1.29, 1.82) is 0 Å². The zero-order valence-electron chi connectivity index (χ0n) is 17.0. The molecule has 0 unspecified atom stereocenters. The van der Waals surface area contributed by atoms with Crippen LogP contribution in [0.25, 0.3) is 0 Å². The average molecular weight is 462 g/mol. The Balaban J connectivity index is 1.58. The SMILES string of the molecule is CCOC(=O)CCC(=O)NC(=S)Nc1ccc(S(=O)(=O)N2CCc3ccccc32)cc1. The fourth-order valence-corrected chi connectivity index (χ4v) is 4.93. The van der Waals surface area contributed by atoms with E-state index in [9.17, 15) is 18.0 Å². The van der Waals surface area contributed by atoms with E-state index in [2.05, 4.69) is 10.6 Å². The van der Waals surface area contributed by atoms with Crippen LogP contribution in [0, 0.1) is 0 Å². The maximum absolute atomic E-state index is 13.0. The number of nitrogens with one attached hydrogen (secondary N) is 2. The molecule has 0 fully saturated rings. The molecule has 2 aromatic rings. The van der Waals surface area contributed by atoms with E-state index in [1.54, 1.807) is 25.1 Å². The topological polar surface area (TPSA) is 105 Å². The van der Waals surface area contributed by atoms with E-state index in [1.807, 2.05) is 18.2 Å². The Labute approximate surface area is 186 Å². The molecule has 0 bridgehead atoms. The Morgan fingerprint density at radius 3 is 2.52 bits per heavy atom. The molecule has 0 saturated carbocycles. The summed E-state index contributed by atoms with van der Waals surface area (Å²) in [6.45, 7) is 2.36. The Hall–Kier alpha value is -2.98. The summed E-state index contributed by atoms with van der Waals surface area (Å²) in [5, 5.41) is 5.35. The summed E-state index contributed by atoms with van der Waals surface area (Å²) < 4.78 is 32.3. The lowest BCUT2D eigenvalue weighted by Crippen LogP contribution is -2.34. The summed E-state index contributed by atoms with van der Waals surface area (Å²) in [6.07, 6.45) is 0.600. The van der Waals surface area contributed by atoms with Gasteiger partial charge in [-0.3, -0.25) is 13.9 Å². The number of rotatable bonds is 7. The third kappa shape index (κ3) is 5.59. The first-order chi connectivity index (χ1) is 14.8. The number of para-hydroxylation sites is 1. The average Bonchev–Trinajstić information content (AvgIpc) is 3.18. The van der Waals surface area contributed by atoms with Gasteiger partial charge in [0.25, 0.3) is 10.0 Å². The van der Waals surface area contributed by atoms with Gasteiger partial charge >= 0.3 is 5.97 Å². The predicted octanol–water partition coefficient (Wildman–Crippen LogP) is 2.59. The van der Waals surface area contributed by atoms with Crippen LogP contribution in [0.5, 0.6) is 0 Å². The molecule has 31 heavy (non-hydrogen) atoms. The number of carbonyl (C=O) groups excluding carboxylic acids is 2. The molecule has 3 rings (SSSR count). The van der Waals surface area contributed by atoms with Gasteiger partial charge in [0, 0.05) is 18.7 Å². The lowest BCUT2D eigenvalue weighted by molar-refractivity contribution is -0.144. The fourth-order valence-electron chi connectivity index (χ4n) is 3.20. The second-order valence-corrected chi connectivity index (χ2v) is 9.06. The van der Waals surface area contributed by atoms with Crippen LogP contribution in [0.2, 0.25) is 0 Å². The van der Waals surface area contributed by atoms with Crippen molar-refractivity contribution in [3.05, 3.63) is 54.1 Å². The van der Waals surface area contributed by atoms with E-state index in [1.165, 1.54) is 16.4 Å². The van der Waals surface area contributed by atoms with E-state index in [0.29, 0.717) is 24.3 Å². The minimum absolute atomic E-state index is 0.0333. The van der Waals surface area contributed by atoms with Gasteiger partial charge in [-0.25, -0.2) is 8.42 Å². The van der Waals surface area contributed by atoms with Crippen LogP contribution in [-0.2, 0) is 30.8 Å². The largest absolute Gasteiger partial charge is 0.466 e. The summed E-state index contributed by atoms with van der Waals surface area (Å²) in [4.78, 5) is 23.3. The van der Waals surface area contributed by atoms with Gasteiger partial charge in [0.05, 0.1) is 23.6 Å². The van der Waals surface area contributed by atoms with Crippen LogP contribution in [0.4, 0.5) is 11.4 Å². The number of anilines is 2. The van der Waals surface area contributed by atoms with Crippen LogP contribution < -0.4 is 14.9 Å². The molecule has 8 nitrogen and oxygen atoms in total. The molecular weight excluding hydrogens is 438 g/mol. The highest BCUT2D eigenvalue weighted by molar-refractivity contribution is 7.92. The zero-order chi connectivity index (χ0) is 22.4. The van der Waals surface area contributed by atoms with Crippen LogP contribution >= 0.6 is 12.2 Å². The minimum Gasteiger partial charge on any atom is -0.466 e. The number of ether oxygens (including phenoxy) is 1. The molecule has 1 amide bonds. The summed E-state index contributed by atoms with van der Waals surface area (Å²) in [5.41, 5.74) is 2.24. The van der Waals surface area contributed by atoms with Crippen LogP contribution in [0.3, 0.4) is 0 Å². The molecular formula is C21H23N3O5S2. The van der Waals surface area contributed by atoms with Gasteiger partial charge in [0.15, 0.2) is 5.11 Å². The maximum atomic E-state index is 13.0. The number of benzene rings is 2. The molecule has 1 aliphatic rings. The van der Waals surface area contributed by atoms with Crippen molar-refractivity contribution in [2.24, 2.45) is 0 Å². The summed E-state index contributed by atoms with van der Waals surface area (Å²) in [5.74, 6) is -0.869. The van der Waals surface area contributed by atoms with Crippen LogP contribution in [-0.4, -0.2) is 38.6 Å². The van der Waals surface area contributed by atoms with Gasteiger partial charge in [-0.15, -0.1) is 0 Å². The van der Waals surface area contributed by atoms with Crippen molar-refractivity contribution in [2.45, 2.75) is 31.1 Å². The number of thiocarbonyl (C=S) groups is 1. The van der Waals surface area contributed by atoms with Gasteiger partial charge in [-0.05, 0) is 61.5 Å². The molecule has 10 heteroatoms. The highest BCUT2D eigenvalue weighted by Crippen LogP contribution is 2.32. The van der Waals surface area contributed by atoms with E-state index >= 15 is 0 Å². The number of carbonyl (C=O) groups is 2. The third-order valence-electron chi connectivity index (χ3n) is 4.66. The van der Waals surface area contributed by atoms with Crippen molar-refractivity contribution in [3.8, 4) is 0 Å². The van der Waals surface area contributed by atoms with E-state index in [0.717, 1.165) is 5.56 Å². The summed E-state index contributed by atoms with van der Waals surface area (Å²) in [7, 11) is -3.68. The monoisotopic (exact) mass is 461 g/mol. The maximum Gasteiger partial charge on any atom is 0.306 e. The van der Waals surface area contributed by atoms with E-state index < -0.39 is 21.9 Å². The molecule has 0 atom stereocenters. The standard InChI is InChI=1S/C21H23N3O5S2/c1-2-29-20(26)12-11-19(25)23-21(30)22-16-7-9-17(10-8-16)31(27,28)24-14-13-15-5-3-4-6-18(15)24/h3-10H,2,11-14H2,1H3,(H2,22,23,25,30). The molecule has 0 aliphatic carbocycles. The van der Waals surface area contributed by atoms with Gasteiger partial charge in [-0.1, -0.05) is 18.2 Å². The Bertz CT molecular complexity index is 1080. The smallest absolute Gasteiger partial charge is 0.306 e. The van der Waals surface area contributed by atoms with Crippen LogP contribution in [0.15, 0.2) is 53.4 Å². The van der Waals surface area contributed by atoms with Crippen molar-refractivity contribution < 1.29 is 22.7 Å². The van der Waals surface area contributed by atoms with Gasteiger partial charge in [0.1, 0.15) is 0 Å². The van der Waals surface area contributed by atoms with Crippen molar-refractivity contribution in [1.82, 2.24) is 5.32 Å². The van der Waals surface area contributed by atoms with Crippen molar-refractivity contribution >= 4 is 50.6 Å². The van der Waals surface area contributed by atoms with Gasteiger partial charge < -0.3 is 15.4 Å². The highest BCUT2D eigenvalue weighted by Gasteiger charge is 2.30. The number of fused-ring (bicyclic) bond motifs is 1. The number of hydrogen-bond acceptors (Lipinski definition) is 6. The van der Waals surface area contributed by atoms with Crippen LogP contribution in [0.1, 0.15) is 25.3 Å². The summed E-state index contributed by atoms with van der Waals surface area (Å²) >= 11 is 5.10. The first-order valence-electron chi connectivity index (χ1n) is 9.78. The van der Waals surface area contributed by atoms with Crippen molar-refractivity contribution in [2.75, 3.05) is 22.8 Å². The first-order valence-corrected chi connectivity index (χ1v) is 11.6. The number of amides is 1. The molecule has 2 aromatic carbocycles. The molecule has 164 valence electrons. The molecule has 0 radical (unpaired) electrons. The second-order valence-electron chi connectivity index (χ2n) is 6.79. The molecule has 0 spiro atoms. The number of hydrogen-bond donors (Lipinski definition) is 2. The fraction of sp³-hybridized carbons (Fsp3) is 0.286. The number of nitrogens with zero attached hydrogens (tertiary/aromatic N) is 1. The molecule has 2 N–H and O–H groups in total.